The molecule has 1 rings (SSSR count). The molecule has 0 unspecified atom stereocenters. The van der Waals surface area contributed by atoms with Crippen molar-refractivity contribution in [2.75, 3.05) is 18.9 Å². The van der Waals surface area contributed by atoms with Gasteiger partial charge in [-0.3, -0.25) is 9.79 Å². The van der Waals surface area contributed by atoms with Crippen molar-refractivity contribution in [1.29, 1.82) is 0 Å². The number of hydrogen-bond acceptors (Lipinski definition) is 2. The second-order valence-electron chi connectivity index (χ2n) is 5.06. The quantitative estimate of drug-likeness (QED) is 0.562. The van der Waals surface area contributed by atoms with Crippen LogP contribution in [-0.4, -0.2) is 31.5 Å². The molecule has 1 amide bonds. The maximum Gasteiger partial charge on any atom is 0.226 e. The Labute approximate surface area is 134 Å². The number of halogens is 1. The van der Waals surface area contributed by atoms with Crippen LogP contribution in [0.3, 0.4) is 0 Å². The summed E-state index contributed by atoms with van der Waals surface area (Å²) < 4.78 is 1.00. The van der Waals surface area contributed by atoms with E-state index in [1.165, 1.54) is 0 Å². The number of guanidine groups is 1. The van der Waals surface area contributed by atoms with Gasteiger partial charge >= 0.3 is 0 Å². The zero-order chi connectivity index (χ0) is 15.8. The summed E-state index contributed by atoms with van der Waals surface area (Å²) in [4.78, 5) is 16.0. The van der Waals surface area contributed by atoms with E-state index >= 15 is 0 Å². The number of aryl methyl sites for hydroxylation is 1. The smallest absolute Gasteiger partial charge is 0.226 e. The average Bonchev–Trinajstić information content (AvgIpc) is 2.40. The number of rotatable bonds is 5. The predicted molar refractivity (Wildman–Crippen MR) is 91.8 cm³/mol. The van der Waals surface area contributed by atoms with Crippen LogP contribution in [-0.2, 0) is 4.79 Å². The molecular weight excluding hydrogens is 332 g/mol. The standard InChI is InChI=1S/C15H23BrN4O/c1-10(2)19-15(17-4)18-8-7-14(21)20-13-6-5-12(16)9-11(13)3/h5-6,9-10H,7-8H2,1-4H3,(H,20,21)(H2,17,18,19). The van der Waals surface area contributed by atoms with Crippen molar-refractivity contribution in [3.8, 4) is 0 Å². The third-order valence-corrected chi connectivity index (χ3v) is 3.25. The van der Waals surface area contributed by atoms with Crippen molar-refractivity contribution in [2.45, 2.75) is 33.2 Å². The minimum Gasteiger partial charge on any atom is -0.356 e. The van der Waals surface area contributed by atoms with Crippen molar-refractivity contribution in [2.24, 2.45) is 4.99 Å². The minimum absolute atomic E-state index is 0.0204. The van der Waals surface area contributed by atoms with Crippen molar-refractivity contribution in [3.63, 3.8) is 0 Å². The van der Waals surface area contributed by atoms with E-state index in [0.717, 1.165) is 15.7 Å². The third-order valence-electron chi connectivity index (χ3n) is 2.76. The Kier molecular flexibility index (Phi) is 7.22. The van der Waals surface area contributed by atoms with Gasteiger partial charge in [-0.05, 0) is 44.5 Å². The van der Waals surface area contributed by atoms with Gasteiger partial charge in [-0.25, -0.2) is 0 Å². The molecule has 5 nitrogen and oxygen atoms in total. The van der Waals surface area contributed by atoms with E-state index in [1.54, 1.807) is 7.05 Å². The first kappa shape index (κ1) is 17.5. The van der Waals surface area contributed by atoms with Crippen LogP contribution in [0.5, 0.6) is 0 Å². The lowest BCUT2D eigenvalue weighted by atomic mass is 10.2. The zero-order valence-corrected chi connectivity index (χ0v) is 14.5. The van der Waals surface area contributed by atoms with E-state index in [0.29, 0.717) is 25.0 Å². The summed E-state index contributed by atoms with van der Waals surface area (Å²) in [5.74, 6) is 0.686. The molecule has 0 radical (unpaired) electrons. The van der Waals surface area contributed by atoms with Crippen LogP contribution in [0.1, 0.15) is 25.8 Å². The fourth-order valence-corrected chi connectivity index (χ4v) is 2.22. The number of amides is 1. The molecule has 1 aromatic rings. The lowest BCUT2D eigenvalue weighted by Gasteiger charge is -2.14. The van der Waals surface area contributed by atoms with Gasteiger partial charge in [0.05, 0.1) is 0 Å². The molecule has 0 bridgehead atoms. The number of benzene rings is 1. The number of hydrogen-bond donors (Lipinski definition) is 3. The van der Waals surface area contributed by atoms with Gasteiger partial charge in [-0.1, -0.05) is 15.9 Å². The van der Waals surface area contributed by atoms with Gasteiger partial charge in [-0.2, -0.15) is 0 Å². The van der Waals surface area contributed by atoms with Crippen molar-refractivity contribution >= 4 is 33.5 Å². The monoisotopic (exact) mass is 354 g/mol. The molecule has 0 aliphatic carbocycles. The maximum atomic E-state index is 11.9. The van der Waals surface area contributed by atoms with E-state index in [9.17, 15) is 4.79 Å². The minimum atomic E-state index is -0.0204. The largest absolute Gasteiger partial charge is 0.356 e. The molecule has 0 heterocycles. The first-order valence-electron chi connectivity index (χ1n) is 6.95. The molecule has 0 fully saturated rings. The van der Waals surface area contributed by atoms with Crippen molar-refractivity contribution < 1.29 is 4.79 Å². The number of aliphatic imine (C=N–C) groups is 1. The zero-order valence-electron chi connectivity index (χ0n) is 13.0. The van der Waals surface area contributed by atoms with Crippen LogP contribution in [0.4, 0.5) is 5.69 Å². The average molecular weight is 355 g/mol. The summed E-state index contributed by atoms with van der Waals surface area (Å²) in [5, 5.41) is 9.19. The number of nitrogens with one attached hydrogen (secondary N) is 3. The van der Waals surface area contributed by atoms with Crippen LogP contribution < -0.4 is 16.0 Å². The van der Waals surface area contributed by atoms with E-state index in [4.69, 9.17) is 0 Å². The highest BCUT2D eigenvalue weighted by molar-refractivity contribution is 9.10. The lowest BCUT2D eigenvalue weighted by Crippen LogP contribution is -2.41. The van der Waals surface area contributed by atoms with E-state index in [1.807, 2.05) is 39.0 Å². The molecule has 3 N–H and O–H groups in total. The molecule has 0 atom stereocenters. The third kappa shape index (κ3) is 6.62. The van der Waals surface area contributed by atoms with E-state index < -0.39 is 0 Å². The summed E-state index contributed by atoms with van der Waals surface area (Å²) in [6.07, 6.45) is 0.383. The lowest BCUT2D eigenvalue weighted by molar-refractivity contribution is -0.116. The van der Waals surface area contributed by atoms with Crippen molar-refractivity contribution in [1.82, 2.24) is 10.6 Å². The molecule has 0 saturated carbocycles. The molecule has 6 heteroatoms. The maximum absolute atomic E-state index is 11.9. The molecular formula is C15H23BrN4O. The van der Waals surface area contributed by atoms with Crippen LogP contribution in [0, 0.1) is 6.92 Å². The van der Waals surface area contributed by atoms with Gasteiger partial charge in [0.1, 0.15) is 0 Å². The van der Waals surface area contributed by atoms with Gasteiger partial charge < -0.3 is 16.0 Å². The molecule has 1 aromatic carbocycles. The summed E-state index contributed by atoms with van der Waals surface area (Å²) in [5.41, 5.74) is 1.87. The molecule has 21 heavy (non-hydrogen) atoms. The predicted octanol–water partition coefficient (Wildman–Crippen LogP) is 2.66. The van der Waals surface area contributed by atoms with Gasteiger partial charge in [-0.15, -0.1) is 0 Å². The van der Waals surface area contributed by atoms with Crippen LogP contribution in [0.15, 0.2) is 27.7 Å². The Hall–Kier alpha value is -1.56. The van der Waals surface area contributed by atoms with Crippen LogP contribution in [0.2, 0.25) is 0 Å². The normalized spacial score (nSPS) is 11.4. The van der Waals surface area contributed by atoms with Gasteiger partial charge in [0, 0.05) is 36.2 Å². The summed E-state index contributed by atoms with van der Waals surface area (Å²) >= 11 is 3.40. The van der Waals surface area contributed by atoms with Gasteiger partial charge in [0.25, 0.3) is 0 Å². The summed E-state index contributed by atoms with van der Waals surface area (Å²) in [6, 6.07) is 6.08. The Balaban J connectivity index is 2.41. The number of anilines is 1. The van der Waals surface area contributed by atoms with Gasteiger partial charge in [0.2, 0.25) is 5.91 Å². The van der Waals surface area contributed by atoms with E-state index in [-0.39, 0.29) is 5.91 Å². The number of carbonyl (C=O) groups excluding carboxylic acids is 1. The highest BCUT2D eigenvalue weighted by Crippen LogP contribution is 2.19. The van der Waals surface area contributed by atoms with Gasteiger partial charge in [0.15, 0.2) is 5.96 Å². The molecule has 116 valence electrons. The fourth-order valence-electron chi connectivity index (χ4n) is 1.74. The van der Waals surface area contributed by atoms with E-state index in [2.05, 4.69) is 36.9 Å². The molecule has 0 aromatic heterocycles. The Morgan fingerprint density at radius 2 is 2.10 bits per heavy atom. The first-order chi connectivity index (χ1) is 9.92. The molecule has 0 spiro atoms. The van der Waals surface area contributed by atoms with Crippen molar-refractivity contribution in [3.05, 3.63) is 28.2 Å². The fraction of sp³-hybridized carbons (Fsp3) is 0.467. The summed E-state index contributed by atoms with van der Waals surface area (Å²) in [6.45, 7) is 6.58. The second kappa shape index (κ2) is 8.67. The molecule has 0 aliphatic rings. The highest BCUT2D eigenvalue weighted by atomic mass is 79.9. The first-order valence-corrected chi connectivity index (χ1v) is 7.75. The Morgan fingerprint density at radius 3 is 2.67 bits per heavy atom. The number of nitrogens with zero attached hydrogens (tertiary/aromatic N) is 1. The Morgan fingerprint density at radius 1 is 1.38 bits per heavy atom. The Bertz CT molecular complexity index is 514. The number of carbonyl (C=O) groups is 1. The molecule has 0 aliphatic heterocycles. The van der Waals surface area contributed by atoms with Crippen LogP contribution >= 0.6 is 15.9 Å². The second-order valence-corrected chi connectivity index (χ2v) is 5.97. The SMILES string of the molecule is CN=C(NCCC(=O)Nc1ccc(Br)cc1C)NC(C)C. The highest BCUT2D eigenvalue weighted by Gasteiger charge is 2.06. The van der Waals surface area contributed by atoms with Crippen LogP contribution in [0.25, 0.3) is 0 Å². The summed E-state index contributed by atoms with van der Waals surface area (Å²) in [7, 11) is 1.71. The molecule has 0 saturated heterocycles. The topological polar surface area (TPSA) is 65.5 Å².